The van der Waals surface area contributed by atoms with Gasteiger partial charge in [0, 0.05) is 11.3 Å². The standard InChI is InChI=1S/C31H23F7O/c1-2-3-4-5-20-6-8-21(9-7-20)22-10-12-24(13-11-22)31(37,38)39-25-14-15-26-23(18-25)19-28(32)27(29(26)33)16-17-30(34,35)36/h6-15,18-19H,2-5H2,1H3. The largest absolute Gasteiger partial charge is 0.458 e. The number of ether oxygens (including phenoxy) is 1. The van der Waals surface area contributed by atoms with Gasteiger partial charge in [-0.15, -0.1) is 0 Å². The summed E-state index contributed by atoms with van der Waals surface area (Å²) in [6.45, 7) is 2.14. The molecule has 0 spiro atoms. The number of fused-ring (bicyclic) bond motifs is 1. The number of halogens is 7. The predicted octanol–water partition coefficient (Wildman–Crippen LogP) is 9.56. The van der Waals surface area contributed by atoms with Gasteiger partial charge in [-0.3, -0.25) is 0 Å². The summed E-state index contributed by atoms with van der Waals surface area (Å²) in [6.07, 6.45) is -4.32. The molecule has 4 rings (SSSR count). The quantitative estimate of drug-likeness (QED) is 0.122. The van der Waals surface area contributed by atoms with E-state index in [1.54, 1.807) is 12.1 Å². The molecule has 0 N–H and O–H groups in total. The lowest BCUT2D eigenvalue weighted by Crippen LogP contribution is -2.21. The zero-order chi connectivity index (χ0) is 28.2. The van der Waals surface area contributed by atoms with E-state index in [9.17, 15) is 30.7 Å². The highest BCUT2D eigenvalue weighted by Crippen LogP contribution is 2.35. The molecule has 0 bridgehead atoms. The molecule has 0 radical (unpaired) electrons. The third kappa shape index (κ3) is 6.91. The lowest BCUT2D eigenvalue weighted by molar-refractivity contribution is -0.185. The summed E-state index contributed by atoms with van der Waals surface area (Å²) in [5.41, 5.74) is 1.34. The molecule has 39 heavy (non-hydrogen) atoms. The van der Waals surface area contributed by atoms with Crippen molar-refractivity contribution in [1.82, 2.24) is 0 Å². The van der Waals surface area contributed by atoms with Gasteiger partial charge in [-0.1, -0.05) is 62.1 Å². The third-order valence-electron chi connectivity index (χ3n) is 6.15. The number of aryl methyl sites for hydroxylation is 1. The van der Waals surface area contributed by atoms with Gasteiger partial charge in [-0.05, 0) is 71.3 Å². The predicted molar refractivity (Wildman–Crippen MR) is 136 cm³/mol. The van der Waals surface area contributed by atoms with E-state index in [0.717, 1.165) is 60.9 Å². The summed E-state index contributed by atoms with van der Waals surface area (Å²) in [5.74, 6) is -0.814. The normalized spacial score (nSPS) is 11.8. The van der Waals surface area contributed by atoms with Crippen LogP contribution < -0.4 is 4.74 Å². The van der Waals surface area contributed by atoms with Gasteiger partial charge < -0.3 is 4.74 Å². The topological polar surface area (TPSA) is 9.23 Å². The number of alkyl halides is 5. The van der Waals surface area contributed by atoms with Gasteiger partial charge >= 0.3 is 12.3 Å². The molecular formula is C31H23F7O. The number of hydrogen-bond acceptors (Lipinski definition) is 1. The van der Waals surface area contributed by atoms with E-state index < -0.39 is 35.0 Å². The Morgan fingerprint density at radius 3 is 2.03 bits per heavy atom. The van der Waals surface area contributed by atoms with Crippen molar-refractivity contribution in [2.45, 2.75) is 44.9 Å². The second kappa shape index (κ2) is 11.4. The van der Waals surface area contributed by atoms with Crippen LogP contribution in [0, 0.1) is 23.5 Å². The van der Waals surface area contributed by atoms with Crippen LogP contribution in [-0.2, 0) is 12.5 Å². The molecule has 4 aromatic carbocycles. The van der Waals surface area contributed by atoms with Crippen molar-refractivity contribution in [1.29, 1.82) is 0 Å². The van der Waals surface area contributed by atoms with Crippen molar-refractivity contribution < 1.29 is 35.5 Å². The van der Waals surface area contributed by atoms with Crippen molar-refractivity contribution in [3.63, 3.8) is 0 Å². The minimum Gasteiger partial charge on any atom is -0.429 e. The fourth-order valence-corrected chi connectivity index (χ4v) is 4.13. The summed E-state index contributed by atoms with van der Waals surface area (Å²) in [6, 6.07) is 17.2. The van der Waals surface area contributed by atoms with Gasteiger partial charge in [-0.25, -0.2) is 8.78 Å². The molecule has 0 heterocycles. The van der Waals surface area contributed by atoms with Crippen molar-refractivity contribution in [2.24, 2.45) is 0 Å². The molecule has 0 aliphatic rings. The Balaban J connectivity index is 1.52. The van der Waals surface area contributed by atoms with Crippen LogP contribution >= 0.6 is 0 Å². The molecule has 4 aromatic rings. The maximum Gasteiger partial charge on any atom is 0.458 e. The summed E-state index contributed by atoms with van der Waals surface area (Å²) >= 11 is 0. The maximum absolute atomic E-state index is 14.9. The van der Waals surface area contributed by atoms with Crippen molar-refractivity contribution in [3.8, 4) is 28.7 Å². The van der Waals surface area contributed by atoms with E-state index in [1.165, 1.54) is 23.6 Å². The molecular weight excluding hydrogens is 521 g/mol. The highest BCUT2D eigenvalue weighted by Gasteiger charge is 2.34. The SMILES string of the molecule is CCCCCc1ccc(-c2ccc(C(F)(F)Oc3ccc4c(F)c(C#CC(F)(F)F)c(F)cc4c3)cc2)cc1. The van der Waals surface area contributed by atoms with Crippen molar-refractivity contribution >= 4 is 10.8 Å². The van der Waals surface area contributed by atoms with Crippen LogP contribution in [0.25, 0.3) is 21.9 Å². The van der Waals surface area contributed by atoms with E-state index >= 15 is 0 Å². The Kier molecular flexibility index (Phi) is 8.19. The van der Waals surface area contributed by atoms with Crippen LogP contribution in [0.4, 0.5) is 30.7 Å². The van der Waals surface area contributed by atoms with E-state index in [0.29, 0.717) is 6.07 Å². The van der Waals surface area contributed by atoms with Crippen molar-refractivity contribution in [2.75, 3.05) is 0 Å². The van der Waals surface area contributed by atoms with Gasteiger partial charge in [0.1, 0.15) is 17.4 Å². The Bertz CT molecular complexity index is 1510. The number of hydrogen-bond donors (Lipinski definition) is 0. The molecule has 0 atom stereocenters. The minimum absolute atomic E-state index is 0.177. The first-order valence-corrected chi connectivity index (χ1v) is 12.2. The molecule has 0 aliphatic heterocycles. The second-order valence-corrected chi connectivity index (χ2v) is 9.03. The first kappa shape index (κ1) is 28.0. The number of rotatable bonds is 8. The molecule has 202 valence electrons. The Morgan fingerprint density at radius 2 is 1.41 bits per heavy atom. The lowest BCUT2D eigenvalue weighted by Gasteiger charge is -2.19. The molecule has 0 aromatic heterocycles. The summed E-state index contributed by atoms with van der Waals surface area (Å²) < 4.78 is 101. The van der Waals surface area contributed by atoms with Crippen molar-refractivity contribution in [3.05, 3.63) is 101 Å². The smallest absolute Gasteiger partial charge is 0.429 e. The minimum atomic E-state index is -4.94. The van der Waals surface area contributed by atoms with Crippen LogP contribution in [0.3, 0.4) is 0 Å². The Hall–Kier alpha value is -3.99. The van der Waals surface area contributed by atoms with Gasteiger partial charge in [0.2, 0.25) is 0 Å². The van der Waals surface area contributed by atoms with Crippen LogP contribution in [-0.4, -0.2) is 6.18 Å². The monoisotopic (exact) mass is 544 g/mol. The maximum atomic E-state index is 14.9. The average Bonchev–Trinajstić information content (AvgIpc) is 2.88. The molecule has 0 saturated heterocycles. The van der Waals surface area contributed by atoms with Gasteiger partial charge in [0.25, 0.3) is 0 Å². The van der Waals surface area contributed by atoms with Gasteiger partial charge in [0.15, 0.2) is 0 Å². The molecule has 0 amide bonds. The molecule has 0 unspecified atom stereocenters. The van der Waals surface area contributed by atoms with Crippen LogP contribution in [0.2, 0.25) is 0 Å². The molecule has 1 nitrogen and oxygen atoms in total. The highest BCUT2D eigenvalue weighted by molar-refractivity contribution is 5.86. The summed E-state index contributed by atoms with van der Waals surface area (Å²) in [4.78, 5) is 0. The summed E-state index contributed by atoms with van der Waals surface area (Å²) in [7, 11) is 0. The Morgan fingerprint density at radius 1 is 0.769 bits per heavy atom. The second-order valence-electron chi connectivity index (χ2n) is 9.03. The van der Waals surface area contributed by atoms with Gasteiger partial charge in [-0.2, -0.15) is 22.0 Å². The van der Waals surface area contributed by atoms with Crippen LogP contribution in [0.1, 0.15) is 42.9 Å². The summed E-state index contributed by atoms with van der Waals surface area (Å²) in [5, 5.41) is -0.469. The number of unbranched alkanes of at least 4 members (excludes halogenated alkanes) is 2. The number of benzene rings is 4. The van der Waals surface area contributed by atoms with E-state index in [2.05, 4.69) is 6.92 Å². The van der Waals surface area contributed by atoms with Gasteiger partial charge in [0.05, 0.1) is 11.1 Å². The average molecular weight is 545 g/mol. The fraction of sp³-hybridized carbons (Fsp3) is 0.226. The highest BCUT2D eigenvalue weighted by atomic mass is 19.4. The van der Waals surface area contributed by atoms with E-state index in [-0.39, 0.29) is 16.5 Å². The van der Waals surface area contributed by atoms with Crippen LogP contribution in [0.15, 0.2) is 72.8 Å². The molecule has 0 fully saturated rings. The zero-order valence-electron chi connectivity index (χ0n) is 20.8. The Labute approximate surface area is 221 Å². The molecule has 0 saturated carbocycles. The third-order valence-corrected chi connectivity index (χ3v) is 6.15. The zero-order valence-corrected chi connectivity index (χ0v) is 20.8. The van der Waals surface area contributed by atoms with E-state index in [4.69, 9.17) is 4.74 Å². The van der Waals surface area contributed by atoms with E-state index in [1.807, 2.05) is 24.3 Å². The molecule has 0 aliphatic carbocycles. The first-order chi connectivity index (χ1) is 18.5. The first-order valence-electron chi connectivity index (χ1n) is 12.2. The lowest BCUT2D eigenvalue weighted by atomic mass is 10.0. The fourth-order valence-electron chi connectivity index (χ4n) is 4.13. The molecule has 8 heteroatoms. The van der Waals surface area contributed by atoms with Crippen LogP contribution in [0.5, 0.6) is 5.75 Å².